The Morgan fingerprint density at radius 1 is 1.26 bits per heavy atom. The van der Waals surface area contributed by atoms with E-state index in [-0.39, 0.29) is 12.5 Å². The summed E-state index contributed by atoms with van der Waals surface area (Å²) in [6, 6.07) is 9.19. The fourth-order valence-electron chi connectivity index (χ4n) is 2.26. The average molecular weight is 313 g/mol. The van der Waals surface area contributed by atoms with Crippen LogP contribution >= 0.6 is 0 Å². The van der Waals surface area contributed by atoms with Crippen LogP contribution in [0.25, 0.3) is 0 Å². The largest absolute Gasteiger partial charge is 0.392 e. The first-order chi connectivity index (χ1) is 11.2. The molecule has 122 valence electrons. The Morgan fingerprint density at radius 3 is 2.65 bits per heavy atom. The molecule has 1 amide bonds. The SMILES string of the molecule is CCCCN(C)c1ccc(C(=O)Nc2cnccc2CO)cc1. The zero-order valence-electron chi connectivity index (χ0n) is 13.6. The number of anilines is 2. The molecule has 1 aromatic heterocycles. The van der Waals surface area contributed by atoms with Crippen LogP contribution in [0.1, 0.15) is 35.7 Å². The normalized spacial score (nSPS) is 10.4. The van der Waals surface area contributed by atoms with Crippen LogP contribution in [-0.2, 0) is 6.61 Å². The summed E-state index contributed by atoms with van der Waals surface area (Å²) < 4.78 is 0. The first kappa shape index (κ1) is 17.0. The number of benzene rings is 1. The van der Waals surface area contributed by atoms with Crippen molar-refractivity contribution in [2.75, 3.05) is 23.8 Å². The molecule has 2 rings (SSSR count). The summed E-state index contributed by atoms with van der Waals surface area (Å²) in [7, 11) is 2.05. The van der Waals surface area contributed by atoms with E-state index in [1.165, 1.54) is 6.20 Å². The predicted molar refractivity (Wildman–Crippen MR) is 92.7 cm³/mol. The van der Waals surface area contributed by atoms with E-state index >= 15 is 0 Å². The van der Waals surface area contributed by atoms with Gasteiger partial charge in [-0.2, -0.15) is 0 Å². The second-order valence-electron chi connectivity index (χ2n) is 5.47. The number of aliphatic hydroxyl groups is 1. The van der Waals surface area contributed by atoms with E-state index < -0.39 is 0 Å². The van der Waals surface area contributed by atoms with Gasteiger partial charge in [0.1, 0.15) is 0 Å². The van der Waals surface area contributed by atoms with Gasteiger partial charge in [-0.25, -0.2) is 0 Å². The lowest BCUT2D eigenvalue weighted by atomic mass is 10.1. The van der Waals surface area contributed by atoms with E-state index in [0.717, 1.165) is 25.1 Å². The molecular formula is C18H23N3O2. The lowest BCUT2D eigenvalue weighted by Crippen LogP contribution is -2.18. The topological polar surface area (TPSA) is 65.5 Å². The van der Waals surface area contributed by atoms with Gasteiger partial charge in [-0.3, -0.25) is 9.78 Å². The summed E-state index contributed by atoms with van der Waals surface area (Å²) in [6.07, 6.45) is 5.42. The molecule has 1 aromatic carbocycles. The molecule has 0 radical (unpaired) electrons. The summed E-state index contributed by atoms with van der Waals surface area (Å²) in [5, 5.41) is 12.1. The van der Waals surface area contributed by atoms with Crippen molar-refractivity contribution in [2.45, 2.75) is 26.4 Å². The molecule has 0 fully saturated rings. The summed E-state index contributed by atoms with van der Waals surface area (Å²) in [5.41, 5.74) is 2.84. The maximum Gasteiger partial charge on any atom is 0.255 e. The number of hydrogen-bond acceptors (Lipinski definition) is 4. The average Bonchev–Trinajstić information content (AvgIpc) is 2.60. The van der Waals surface area contributed by atoms with Crippen LogP contribution in [0.5, 0.6) is 0 Å². The molecule has 2 aromatic rings. The van der Waals surface area contributed by atoms with Crippen molar-refractivity contribution in [3.8, 4) is 0 Å². The van der Waals surface area contributed by atoms with Crippen LogP contribution < -0.4 is 10.2 Å². The summed E-state index contributed by atoms with van der Waals surface area (Å²) in [5.74, 6) is -0.213. The Morgan fingerprint density at radius 2 is 2.00 bits per heavy atom. The van der Waals surface area contributed by atoms with E-state index in [1.807, 2.05) is 31.3 Å². The molecule has 0 atom stereocenters. The number of nitrogens with one attached hydrogen (secondary N) is 1. The lowest BCUT2D eigenvalue weighted by Gasteiger charge is -2.19. The highest BCUT2D eigenvalue weighted by Crippen LogP contribution is 2.17. The van der Waals surface area contributed by atoms with Crippen molar-refractivity contribution in [3.05, 3.63) is 53.9 Å². The second kappa shape index (κ2) is 8.29. The number of hydrogen-bond donors (Lipinski definition) is 2. The summed E-state index contributed by atoms with van der Waals surface area (Å²) in [4.78, 5) is 18.5. The van der Waals surface area contributed by atoms with Gasteiger partial charge >= 0.3 is 0 Å². The number of unbranched alkanes of at least 4 members (excludes halogenated alkanes) is 1. The summed E-state index contributed by atoms with van der Waals surface area (Å²) >= 11 is 0. The Balaban J connectivity index is 2.05. The molecule has 0 bridgehead atoms. The zero-order valence-corrected chi connectivity index (χ0v) is 13.6. The van der Waals surface area contributed by atoms with Crippen LogP contribution in [0.15, 0.2) is 42.7 Å². The molecule has 0 aliphatic rings. The van der Waals surface area contributed by atoms with Gasteiger partial charge in [-0.15, -0.1) is 0 Å². The molecule has 2 N–H and O–H groups in total. The number of rotatable bonds is 7. The minimum absolute atomic E-state index is 0.140. The quantitative estimate of drug-likeness (QED) is 0.824. The van der Waals surface area contributed by atoms with Crippen molar-refractivity contribution in [3.63, 3.8) is 0 Å². The van der Waals surface area contributed by atoms with Crippen LogP contribution in [0, 0.1) is 0 Å². The van der Waals surface area contributed by atoms with Crippen molar-refractivity contribution >= 4 is 17.3 Å². The van der Waals surface area contributed by atoms with Crippen LogP contribution in [0.4, 0.5) is 11.4 Å². The van der Waals surface area contributed by atoms with E-state index in [1.54, 1.807) is 12.3 Å². The minimum atomic E-state index is -0.213. The standard InChI is InChI=1S/C18H23N3O2/c1-3-4-11-21(2)16-7-5-14(6-8-16)18(23)20-17-12-19-10-9-15(17)13-22/h5-10,12,22H,3-4,11,13H2,1-2H3,(H,20,23). The maximum atomic E-state index is 12.3. The lowest BCUT2D eigenvalue weighted by molar-refractivity contribution is 0.102. The van der Waals surface area contributed by atoms with Crippen LogP contribution in [0.2, 0.25) is 0 Å². The highest BCUT2D eigenvalue weighted by molar-refractivity contribution is 6.04. The van der Waals surface area contributed by atoms with E-state index in [9.17, 15) is 9.90 Å². The molecule has 5 nitrogen and oxygen atoms in total. The minimum Gasteiger partial charge on any atom is -0.392 e. The molecule has 23 heavy (non-hydrogen) atoms. The number of pyridine rings is 1. The fraction of sp³-hybridized carbons (Fsp3) is 0.333. The van der Waals surface area contributed by atoms with Crippen LogP contribution in [-0.4, -0.2) is 29.6 Å². The van der Waals surface area contributed by atoms with Gasteiger partial charge in [-0.1, -0.05) is 13.3 Å². The molecule has 0 unspecified atom stereocenters. The van der Waals surface area contributed by atoms with E-state index in [4.69, 9.17) is 0 Å². The third-order valence-corrected chi connectivity index (χ3v) is 3.75. The first-order valence-corrected chi connectivity index (χ1v) is 7.82. The molecule has 0 spiro atoms. The number of nitrogens with zero attached hydrogens (tertiary/aromatic N) is 2. The molecule has 0 aliphatic carbocycles. The van der Waals surface area contributed by atoms with Crippen molar-refractivity contribution < 1.29 is 9.90 Å². The number of carbonyl (C=O) groups is 1. The molecule has 0 saturated heterocycles. The van der Waals surface area contributed by atoms with Crippen molar-refractivity contribution in [2.24, 2.45) is 0 Å². The smallest absolute Gasteiger partial charge is 0.255 e. The van der Waals surface area contributed by atoms with Gasteiger partial charge < -0.3 is 15.3 Å². The highest BCUT2D eigenvalue weighted by Gasteiger charge is 2.09. The number of carbonyl (C=O) groups excluding carboxylic acids is 1. The van der Waals surface area contributed by atoms with Gasteiger partial charge in [0.2, 0.25) is 0 Å². The van der Waals surface area contributed by atoms with E-state index in [2.05, 4.69) is 22.1 Å². The molecule has 1 heterocycles. The Kier molecular flexibility index (Phi) is 6.11. The predicted octanol–water partition coefficient (Wildman–Crippen LogP) is 3.06. The zero-order chi connectivity index (χ0) is 16.7. The van der Waals surface area contributed by atoms with Crippen molar-refractivity contribution in [1.82, 2.24) is 4.98 Å². The third-order valence-electron chi connectivity index (χ3n) is 3.75. The fourth-order valence-corrected chi connectivity index (χ4v) is 2.26. The molecule has 5 heteroatoms. The monoisotopic (exact) mass is 313 g/mol. The van der Waals surface area contributed by atoms with Gasteiger partial charge in [0, 0.05) is 36.6 Å². The van der Waals surface area contributed by atoms with E-state index in [0.29, 0.717) is 16.8 Å². The van der Waals surface area contributed by atoms with Gasteiger partial charge in [-0.05, 0) is 36.8 Å². The Labute approximate surface area is 137 Å². The van der Waals surface area contributed by atoms with Crippen LogP contribution in [0.3, 0.4) is 0 Å². The maximum absolute atomic E-state index is 12.3. The van der Waals surface area contributed by atoms with Gasteiger partial charge in [0.15, 0.2) is 0 Å². The number of amides is 1. The van der Waals surface area contributed by atoms with Gasteiger partial charge in [0.05, 0.1) is 18.5 Å². The summed E-state index contributed by atoms with van der Waals surface area (Å²) in [6.45, 7) is 3.03. The molecule has 0 aliphatic heterocycles. The molecular weight excluding hydrogens is 290 g/mol. The third kappa shape index (κ3) is 4.53. The second-order valence-corrected chi connectivity index (χ2v) is 5.47. The van der Waals surface area contributed by atoms with Gasteiger partial charge in [0.25, 0.3) is 5.91 Å². The Bertz CT molecular complexity index is 641. The number of aliphatic hydroxyl groups excluding tert-OH is 1. The van der Waals surface area contributed by atoms with Crippen molar-refractivity contribution in [1.29, 1.82) is 0 Å². The first-order valence-electron chi connectivity index (χ1n) is 7.82. The molecule has 0 saturated carbocycles. The highest BCUT2D eigenvalue weighted by atomic mass is 16.3. The number of aromatic nitrogens is 1. The Hall–Kier alpha value is -2.40.